The summed E-state index contributed by atoms with van der Waals surface area (Å²) in [4.78, 5) is 27.1. The minimum absolute atomic E-state index is 0.00242. The molecule has 0 radical (unpaired) electrons. The van der Waals surface area contributed by atoms with Crippen LogP contribution in [0, 0.1) is 56.7 Å². The Bertz CT molecular complexity index is 1140. The van der Waals surface area contributed by atoms with Gasteiger partial charge in [-0.05, 0) is 123 Å². The topological polar surface area (TPSA) is 81.4 Å². The molecule has 6 unspecified atom stereocenters. The summed E-state index contributed by atoms with van der Waals surface area (Å²) < 4.78 is 5.51. The van der Waals surface area contributed by atoms with Crippen LogP contribution < -0.4 is 11.1 Å². The summed E-state index contributed by atoms with van der Waals surface area (Å²) in [5.74, 6) is 2.24. The average molecular weight is 555 g/mol. The Balaban J connectivity index is 1.57. The number of rotatable bonds is 3. The Kier molecular flexibility index (Phi) is 6.77. The summed E-state index contributed by atoms with van der Waals surface area (Å²) in [5.41, 5.74) is 7.26. The first-order chi connectivity index (χ1) is 18.1. The van der Waals surface area contributed by atoms with Gasteiger partial charge in [-0.3, -0.25) is 9.59 Å². The molecule has 5 fully saturated rings. The number of ketones is 1. The van der Waals surface area contributed by atoms with Crippen molar-refractivity contribution in [3.05, 3.63) is 23.9 Å². The molecule has 0 aromatic heterocycles. The van der Waals surface area contributed by atoms with Crippen LogP contribution in [0.15, 0.2) is 23.9 Å². The molecule has 0 bridgehead atoms. The maximum Gasteiger partial charge on any atom is 0.312 e. The number of allylic oxidation sites excluding steroid dienone is 2. The molecule has 9 atom stereocenters. The fourth-order valence-electron chi connectivity index (χ4n) is 11.8. The number of nitrogens with one attached hydrogen (secondary N) is 1. The maximum absolute atomic E-state index is 13.7. The first-order valence-corrected chi connectivity index (χ1v) is 15.5. The van der Waals surface area contributed by atoms with Crippen molar-refractivity contribution in [3.63, 3.8) is 0 Å². The summed E-state index contributed by atoms with van der Waals surface area (Å²) in [7, 11) is 1.57. The van der Waals surface area contributed by atoms with Gasteiger partial charge < -0.3 is 15.8 Å². The van der Waals surface area contributed by atoms with Crippen LogP contribution in [0.4, 0.5) is 0 Å². The van der Waals surface area contributed by atoms with Crippen molar-refractivity contribution < 1.29 is 14.3 Å². The first-order valence-electron chi connectivity index (χ1n) is 15.1. The van der Waals surface area contributed by atoms with Crippen molar-refractivity contribution in [3.8, 4) is 0 Å². The zero-order chi connectivity index (χ0) is 28.8. The van der Waals surface area contributed by atoms with Crippen molar-refractivity contribution >= 4 is 29.1 Å². The number of esters is 1. The van der Waals surface area contributed by atoms with Gasteiger partial charge >= 0.3 is 5.97 Å². The largest absolute Gasteiger partial charge is 0.469 e. The molecule has 0 aromatic rings. The molecule has 5 saturated carbocycles. The third-order valence-corrected chi connectivity index (χ3v) is 13.8. The van der Waals surface area contributed by atoms with Crippen LogP contribution >= 0.6 is 12.2 Å². The third kappa shape index (κ3) is 3.71. The van der Waals surface area contributed by atoms with Crippen LogP contribution in [0.3, 0.4) is 0 Å². The van der Waals surface area contributed by atoms with Crippen LogP contribution in [0.25, 0.3) is 0 Å². The molecule has 0 aromatic carbocycles. The highest BCUT2D eigenvalue weighted by Gasteiger charge is 2.72. The summed E-state index contributed by atoms with van der Waals surface area (Å²) in [6.45, 7) is 18.5. The third-order valence-electron chi connectivity index (χ3n) is 13.6. The molecule has 5 rings (SSSR count). The molecule has 0 spiro atoms. The SMILES string of the molecule is C=C(C)C1CCC2(C(=O)OC)CC[C@]3(C)C(CCC4[C@@]5(C)C/C(=C\NC(N)=S)C(=O)C(C)(C)C5CC[C@]43C)C12. The Labute approximate surface area is 241 Å². The molecule has 216 valence electrons. The first kappa shape index (κ1) is 28.8. The average Bonchev–Trinajstić information content (AvgIpc) is 3.26. The molecule has 0 saturated heterocycles. The summed E-state index contributed by atoms with van der Waals surface area (Å²) in [6, 6.07) is 0. The van der Waals surface area contributed by atoms with E-state index in [1.807, 2.05) is 0 Å². The molecule has 0 amide bonds. The Hall–Kier alpha value is -1.69. The number of thiocarbonyl (C=S) groups is 1. The van der Waals surface area contributed by atoms with Gasteiger partial charge in [0.1, 0.15) is 0 Å². The molecule has 3 N–H and O–H groups in total. The van der Waals surface area contributed by atoms with Gasteiger partial charge in [-0.2, -0.15) is 0 Å². The van der Waals surface area contributed by atoms with E-state index < -0.39 is 5.41 Å². The maximum atomic E-state index is 13.7. The lowest BCUT2D eigenvalue weighted by Gasteiger charge is -2.72. The van der Waals surface area contributed by atoms with E-state index in [9.17, 15) is 9.59 Å². The summed E-state index contributed by atoms with van der Waals surface area (Å²) in [6.07, 6.45) is 11.0. The number of methoxy groups -OCH3 is 1. The van der Waals surface area contributed by atoms with E-state index in [4.69, 9.17) is 22.7 Å². The van der Waals surface area contributed by atoms with E-state index in [-0.39, 0.29) is 38.5 Å². The van der Waals surface area contributed by atoms with Gasteiger partial charge in [-0.1, -0.05) is 46.8 Å². The normalized spacial score (nSPS) is 47.3. The number of ether oxygens (including phenoxy) is 1. The molecule has 5 nitrogen and oxygen atoms in total. The van der Waals surface area contributed by atoms with Gasteiger partial charge in [-0.25, -0.2) is 0 Å². The second-order valence-electron chi connectivity index (χ2n) is 15.2. The van der Waals surface area contributed by atoms with Gasteiger partial charge in [0, 0.05) is 17.2 Å². The second kappa shape index (κ2) is 9.16. The number of hydrogen-bond donors (Lipinski definition) is 2. The highest BCUT2D eigenvalue weighted by Crippen LogP contribution is 2.77. The van der Waals surface area contributed by atoms with Gasteiger partial charge in [0.2, 0.25) is 0 Å². The van der Waals surface area contributed by atoms with Crippen LogP contribution in [-0.2, 0) is 14.3 Å². The van der Waals surface area contributed by atoms with E-state index in [2.05, 4.69) is 53.4 Å². The molecule has 5 aliphatic rings. The lowest BCUT2D eigenvalue weighted by molar-refractivity contribution is -0.232. The predicted molar refractivity (Wildman–Crippen MR) is 159 cm³/mol. The molecular formula is C33H50N2O3S. The predicted octanol–water partition coefficient (Wildman–Crippen LogP) is 6.71. The summed E-state index contributed by atoms with van der Waals surface area (Å²) in [5, 5.41) is 3.16. The van der Waals surface area contributed by atoms with E-state index in [1.165, 1.54) is 5.57 Å². The van der Waals surface area contributed by atoms with Crippen LogP contribution in [0.2, 0.25) is 0 Å². The monoisotopic (exact) mass is 554 g/mol. The van der Waals surface area contributed by atoms with E-state index in [0.717, 1.165) is 63.4 Å². The zero-order valence-electron chi connectivity index (χ0n) is 25.2. The lowest BCUT2D eigenvalue weighted by atomic mass is 9.32. The van der Waals surface area contributed by atoms with Gasteiger partial charge in [0.05, 0.1) is 12.5 Å². The molecule has 0 heterocycles. The molecule has 39 heavy (non-hydrogen) atoms. The quantitative estimate of drug-likeness (QED) is 0.175. The van der Waals surface area contributed by atoms with Crippen molar-refractivity contribution in [2.45, 2.75) is 99.3 Å². The van der Waals surface area contributed by atoms with Gasteiger partial charge in [0.25, 0.3) is 0 Å². The highest BCUT2D eigenvalue weighted by molar-refractivity contribution is 7.80. The van der Waals surface area contributed by atoms with E-state index in [1.54, 1.807) is 13.3 Å². The highest BCUT2D eigenvalue weighted by atomic mass is 32.1. The van der Waals surface area contributed by atoms with Gasteiger partial charge in [-0.15, -0.1) is 0 Å². The number of carbonyl (C=O) groups excluding carboxylic acids is 2. The van der Waals surface area contributed by atoms with Crippen molar-refractivity contribution in [1.29, 1.82) is 0 Å². The Morgan fingerprint density at radius 2 is 1.72 bits per heavy atom. The molecule has 0 aliphatic heterocycles. The Morgan fingerprint density at radius 1 is 1.03 bits per heavy atom. The number of fused-ring (bicyclic) bond motifs is 7. The van der Waals surface area contributed by atoms with Crippen LogP contribution in [-0.4, -0.2) is 24.0 Å². The lowest BCUT2D eigenvalue weighted by Crippen LogP contribution is -2.67. The number of nitrogens with two attached hydrogens (primary N) is 1. The fraction of sp³-hybridized carbons (Fsp3) is 0.788. The second-order valence-corrected chi connectivity index (χ2v) is 15.7. The molecule has 6 heteroatoms. The molecule has 5 aliphatic carbocycles. The minimum atomic E-state index is -0.432. The fourth-order valence-corrected chi connectivity index (χ4v) is 11.9. The van der Waals surface area contributed by atoms with Crippen LogP contribution in [0.1, 0.15) is 99.3 Å². The van der Waals surface area contributed by atoms with Gasteiger partial charge in [0.15, 0.2) is 10.9 Å². The zero-order valence-corrected chi connectivity index (χ0v) is 26.1. The number of Topliss-reactive ketones (excluding diaryl/α,β-unsaturated/α-hetero) is 1. The number of hydrogen-bond acceptors (Lipinski definition) is 4. The minimum Gasteiger partial charge on any atom is -0.469 e. The van der Waals surface area contributed by atoms with E-state index in [0.29, 0.717) is 29.6 Å². The Morgan fingerprint density at radius 3 is 2.33 bits per heavy atom. The molecular weight excluding hydrogens is 504 g/mol. The van der Waals surface area contributed by atoms with Crippen molar-refractivity contribution in [2.75, 3.05) is 7.11 Å². The summed E-state index contributed by atoms with van der Waals surface area (Å²) >= 11 is 5.06. The van der Waals surface area contributed by atoms with E-state index >= 15 is 0 Å². The van der Waals surface area contributed by atoms with Crippen LogP contribution in [0.5, 0.6) is 0 Å². The standard InChI is InChI=1S/C33H50N2O3S/c1-19(2)21-11-14-33(27(37)38-8)16-15-31(6)22(25(21)33)9-10-24-30(5)17-20(18-35-28(34)39)26(36)29(3,4)23(30)12-13-32(24,31)7/h18,21-25H,1,9-17H2,2-8H3,(H3,34,35,39)/b20-18+/t21?,22?,23?,24?,25?,30-,31+,32+,33?/m0/s1. The van der Waals surface area contributed by atoms with Crippen molar-refractivity contribution in [1.82, 2.24) is 5.32 Å². The van der Waals surface area contributed by atoms with Crippen molar-refractivity contribution in [2.24, 2.45) is 62.4 Å². The smallest absolute Gasteiger partial charge is 0.312 e. The number of carbonyl (C=O) groups is 2.